The van der Waals surface area contributed by atoms with E-state index in [1.54, 1.807) is 0 Å². The van der Waals surface area contributed by atoms with Gasteiger partial charge in [-0.1, -0.05) is 119 Å². The molecule has 188 valence electrons. The average molecular weight is 502 g/mol. The van der Waals surface area contributed by atoms with Crippen molar-refractivity contribution in [3.8, 4) is 39.1 Å². The highest BCUT2D eigenvalue weighted by Crippen LogP contribution is 2.54. The van der Waals surface area contributed by atoms with E-state index in [-0.39, 0.29) is 10.8 Å². The Kier molecular flexibility index (Phi) is 4.41. The molecule has 0 atom stereocenters. The summed E-state index contributed by atoms with van der Waals surface area (Å²) in [4.78, 5) is 0. The lowest BCUT2D eigenvalue weighted by molar-refractivity contribution is 0.624. The second-order valence-electron chi connectivity index (χ2n) is 12.2. The molecule has 6 aromatic rings. The first-order valence-electron chi connectivity index (χ1n) is 14.0. The van der Waals surface area contributed by atoms with E-state index in [9.17, 15) is 0 Å². The third-order valence-electron chi connectivity index (χ3n) is 9.38. The van der Waals surface area contributed by atoms with Gasteiger partial charge in [-0.05, 0) is 68.8 Å². The summed E-state index contributed by atoms with van der Waals surface area (Å²) < 4.78 is 2.50. The summed E-state index contributed by atoms with van der Waals surface area (Å²) in [5.41, 5.74) is 16.1. The molecule has 0 saturated carbocycles. The lowest BCUT2D eigenvalue weighted by Gasteiger charge is -2.24. The summed E-state index contributed by atoms with van der Waals surface area (Å²) in [6, 6.07) is 42.9. The van der Waals surface area contributed by atoms with Crippen LogP contribution in [0.1, 0.15) is 50.1 Å². The minimum atomic E-state index is -0.0796. The summed E-state index contributed by atoms with van der Waals surface area (Å²) in [5, 5.41) is 1.33. The summed E-state index contributed by atoms with van der Waals surface area (Å²) in [6.07, 6.45) is 0. The molecule has 8 rings (SSSR count). The molecule has 0 aliphatic heterocycles. The fourth-order valence-corrected chi connectivity index (χ4v) is 7.45. The van der Waals surface area contributed by atoms with Crippen LogP contribution in [0.2, 0.25) is 0 Å². The van der Waals surface area contributed by atoms with Gasteiger partial charge in [-0.3, -0.25) is 0 Å². The molecule has 1 aromatic heterocycles. The van der Waals surface area contributed by atoms with Crippen molar-refractivity contribution in [2.75, 3.05) is 0 Å². The van der Waals surface area contributed by atoms with Crippen molar-refractivity contribution in [2.24, 2.45) is 0 Å². The molecule has 5 aromatic carbocycles. The molecular formula is C38H31N. The SMILES string of the molecule is CC1(C)c2ccccc2-c2cc(-c3ccc(-n4c5c(c6ccccc64)-c4ccccc4C5(C)C)cc3)ccc21. The monoisotopic (exact) mass is 501 g/mol. The minimum absolute atomic E-state index is 0.0363. The van der Waals surface area contributed by atoms with Gasteiger partial charge in [-0.15, -0.1) is 0 Å². The normalized spacial score (nSPS) is 15.6. The fourth-order valence-electron chi connectivity index (χ4n) is 7.45. The van der Waals surface area contributed by atoms with Crippen molar-refractivity contribution in [3.63, 3.8) is 0 Å². The summed E-state index contributed by atoms with van der Waals surface area (Å²) in [6.45, 7) is 9.41. The third kappa shape index (κ3) is 2.91. The Morgan fingerprint density at radius 3 is 1.85 bits per heavy atom. The Morgan fingerprint density at radius 1 is 0.487 bits per heavy atom. The zero-order chi connectivity index (χ0) is 26.5. The van der Waals surface area contributed by atoms with Crippen LogP contribution in [-0.2, 0) is 10.8 Å². The van der Waals surface area contributed by atoms with Crippen molar-refractivity contribution in [2.45, 2.75) is 38.5 Å². The van der Waals surface area contributed by atoms with Crippen molar-refractivity contribution in [3.05, 3.63) is 138 Å². The minimum Gasteiger partial charge on any atom is -0.312 e. The van der Waals surface area contributed by atoms with Crippen molar-refractivity contribution >= 4 is 10.9 Å². The molecule has 0 fully saturated rings. The number of hydrogen-bond donors (Lipinski definition) is 0. The van der Waals surface area contributed by atoms with Gasteiger partial charge in [0.1, 0.15) is 0 Å². The van der Waals surface area contributed by atoms with Gasteiger partial charge in [0.05, 0.1) is 5.52 Å². The van der Waals surface area contributed by atoms with Crippen LogP contribution in [0.15, 0.2) is 115 Å². The van der Waals surface area contributed by atoms with E-state index < -0.39 is 0 Å². The number of fused-ring (bicyclic) bond motifs is 8. The molecule has 0 N–H and O–H groups in total. The van der Waals surface area contributed by atoms with Crippen molar-refractivity contribution in [1.29, 1.82) is 0 Å². The number of aromatic nitrogens is 1. The van der Waals surface area contributed by atoms with Crippen LogP contribution < -0.4 is 0 Å². The number of para-hydroxylation sites is 1. The van der Waals surface area contributed by atoms with Gasteiger partial charge in [0.15, 0.2) is 0 Å². The van der Waals surface area contributed by atoms with Crippen LogP contribution in [0.25, 0.3) is 50.0 Å². The first-order chi connectivity index (χ1) is 18.9. The number of nitrogens with zero attached hydrogens (tertiary/aromatic N) is 1. The largest absolute Gasteiger partial charge is 0.312 e. The molecule has 1 nitrogen and oxygen atoms in total. The average Bonchev–Trinajstić information content (AvgIpc) is 3.52. The second kappa shape index (κ2) is 7.61. The van der Waals surface area contributed by atoms with E-state index in [1.165, 1.54) is 72.4 Å². The Morgan fingerprint density at radius 2 is 1.08 bits per heavy atom. The second-order valence-corrected chi connectivity index (χ2v) is 12.2. The molecule has 39 heavy (non-hydrogen) atoms. The Bertz CT molecular complexity index is 1950. The molecule has 0 saturated heterocycles. The Balaban J connectivity index is 1.27. The fraction of sp³-hybridized carbons (Fsp3) is 0.158. The van der Waals surface area contributed by atoms with Crippen LogP contribution >= 0.6 is 0 Å². The van der Waals surface area contributed by atoms with E-state index in [2.05, 4.69) is 148 Å². The molecule has 0 amide bonds. The highest BCUT2D eigenvalue weighted by Gasteiger charge is 2.40. The van der Waals surface area contributed by atoms with Gasteiger partial charge in [0.25, 0.3) is 0 Å². The van der Waals surface area contributed by atoms with Crippen molar-refractivity contribution in [1.82, 2.24) is 4.57 Å². The molecule has 0 unspecified atom stereocenters. The smallest absolute Gasteiger partial charge is 0.0538 e. The maximum Gasteiger partial charge on any atom is 0.0538 e. The molecule has 1 heterocycles. The highest BCUT2D eigenvalue weighted by atomic mass is 15.0. The van der Waals surface area contributed by atoms with Gasteiger partial charge in [-0.2, -0.15) is 0 Å². The Hall–Kier alpha value is -4.36. The van der Waals surface area contributed by atoms with Gasteiger partial charge < -0.3 is 4.57 Å². The van der Waals surface area contributed by atoms with E-state index >= 15 is 0 Å². The summed E-state index contributed by atoms with van der Waals surface area (Å²) in [7, 11) is 0. The maximum atomic E-state index is 2.50. The molecule has 0 spiro atoms. The first-order valence-corrected chi connectivity index (χ1v) is 14.0. The van der Waals surface area contributed by atoms with E-state index in [1.807, 2.05) is 0 Å². The topological polar surface area (TPSA) is 4.93 Å². The standard InChI is InChI=1S/C38H31N/c1-37(2)31-14-8-5-11-27(31)30-23-25(19-22-33(30)37)24-17-20-26(21-18-24)39-34-16-10-7-13-29(34)35-28-12-6-9-15-32(28)38(3,4)36(35)39/h5-23H,1-4H3. The number of rotatable bonds is 2. The molecule has 0 bridgehead atoms. The van der Waals surface area contributed by atoms with Gasteiger partial charge in [0, 0.05) is 33.2 Å². The highest BCUT2D eigenvalue weighted by molar-refractivity contribution is 6.03. The number of hydrogen-bond acceptors (Lipinski definition) is 0. The molecule has 2 aliphatic rings. The third-order valence-corrected chi connectivity index (χ3v) is 9.38. The number of benzene rings is 5. The van der Waals surface area contributed by atoms with Crippen LogP contribution in [0.4, 0.5) is 0 Å². The van der Waals surface area contributed by atoms with Crippen molar-refractivity contribution < 1.29 is 0 Å². The lowest BCUT2D eigenvalue weighted by atomic mass is 9.82. The first kappa shape index (κ1) is 22.6. The lowest BCUT2D eigenvalue weighted by Crippen LogP contribution is -2.19. The summed E-state index contributed by atoms with van der Waals surface area (Å²) >= 11 is 0. The zero-order valence-corrected chi connectivity index (χ0v) is 22.9. The predicted octanol–water partition coefficient (Wildman–Crippen LogP) is 9.91. The van der Waals surface area contributed by atoms with Gasteiger partial charge >= 0.3 is 0 Å². The van der Waals surface area contributed by atoms with Gasteiger partial charge in [-0.25, -0.2) is 0 Å². The maximum absolute atomic E-state index is 2.50. The Labute approximate surface area is 230 Å². The molecule has 0 radical (unpaired) electrons. The summed E-state index contributed by atoms with van der Waals surface area (Å²) in [5.74, 6) is 0. The van der Waals surface area contributed by atoms with E-state index in [4.69, 9.17) is 0 Å². The van der Waals surface area contributed by atoms with Gasteiger partial charge in [0.2, 0.25) is 0 Å². The van der Waals surface area contributed by atoms with E-state index in [0.29, 0.717) is 0 Å². The quantitative estimate of drug-likeness (QED) is 0.222. The zero-order valence-electron chi connectivity index (χ0n) is 22.9. The molecule has 1 heteroatoms. The molecule has 2 aliphatic carbocycles. The molecular weight excluding hydrogens is 470 g/mol. The predicted molar refractivity (Wildman–Crippen MR) is 164 cm³/mol. The van der Waals surface area contributed by atoms with Crippen LogP contribution in [-0.4, -0.2) is 4.57 Å². The van der Waals surface area contributed by atoms with Crippen LogP contribution in [0.3, 0.4) is 0 Å². The van der Waals surface area contributed by atoms with E-state index in [0.717, 1.165) is 0 Å². The van der Waals surface area contributed by atoms with Crippen LogP contribution in [0, 0.1) is 0 Å². The van der Waals surface area contributed by atoms with Crippen LogP contribution in [0.5, 0.6) is 0 Å².